The van der Waals surface area contributed by atoms with Crippen LogP contribution < -0.4 is 0 Å². The third-order valence-electron chi connectivity index (χ3n) is 1.74. The van der Waals surface area contributed by atoms with Crippen molar-refractivity contribution in [3.63, 3.8) is 0 Å². The first-order valence-electron chi connectivity index (χ1n) is 4.13. The average molecular weight is 176 g/mol. The average Bonchev–Trinajstić information content (AvgIpc) is 2.02. The number of hydrogen-bond acceptors (Lipinski definition) is 3. The molecule has 0 aliphatic heterocycles. The van der Waals surface area contributed by atoms with E-state index in [0.717, 1.165) is 0 Å². The summed E-state index contributed by atoms with van der Waals surface area (Å²) in [6.07, 6.45) is 0. The highest BCUT2D eigenvalue weighted by Crippen LogP contribution is 2.14. The van der Waals surface area contributed by atoms with Gasteiger partial charge in [-0.2, -0.15) is 0 Å². The van der Waals surface area contributed by atoms with Gasteiger partial charge in [-0.15, -0.1) is 0 Å². The Balaban J connectivity index is 3.82. The van der Waals surface area contributed by atoms with Gasteiger partial charge >= 0.3 is 0 Å². The Morgan fingerprint density at radius 1 is 1.08 bits per heavy atom. The third-order valence-corrected chi connectivity index (χ3v) is 1.74. The number of aliphatic hydroxyl groups excluding tert-OH is 1. The largest absolute Gasteiger partial charge is 0.393 e. The number of hydrogen-bond donors (Lipinski definition) is 1. The summed E-state index contributed by atoms with van der Waals surface area (Å²) >= 11 is 0. The lowest BCUT2D eigenvalue weighted by Gasteiger charge is -2.29. The van der Waals surface area contributed by atoms with E-state index in [1.165, 1.54) is 0 Å². The summed E-state index contributed by atoms with van der Waals surface area (Å²) in [6, 6.07) is 0. The zero-order chi connectivity index (χ0) is 9.83. The maximum absolute atomic E-state index is 8.90. The molecular formula is C9H20O3. The van der Waals surface area contributed by atoms with Crippen molar-refractivity contribution in [3.05, 3.63) is 0 Å². The predicted octanol–water partition coefficient (Wildman–Crippen LogP) is 1.20. The SMILES string of the molecule is COC(C)(C)COC(C)(C)CO. The van der Waals surface area contributed by atoms with Crippen LogP contribution in [0.25, 0.3) is 0 Å². The molecule has 12 heavy (non-hydrogen) atoms. The smallest absolute Gasteiger partial charge is 0.0857 e. The Morgan fingerprint density at radius 3 is 1.92 bits per heavy atom. The van der Waals surface area contributed by atoms with Crippen LogP contribution >= 0.6 is 0 Å². The van der Waals surface area contributed by atoms with E-state index in [9.17, 15) is 0 Å². The first-order valence-corrected chi connectivity index (χ1v) is 4.13. The topological polar surface area (TPSA) is 38.7 Å². The molecule has 0 unspecified atom stereocenters. The van der Waals surface area contributed by atoms with Gasteiger partial charge < -0.3 is 14.6 Å². The van der Waals surface area contributed by atoms with Crippen LogP contribution in [0.1, 0.15) is 27.7 Å². The molecule has 3 nitrogen and oxygen atoms in total. The summed E-state index contributed by atoms with van der Waals surface area (Å²) in [5.41, 5.74) is -0.762. The zero-order valence-corrected chi connectivity index (χ0v) is 8.68. The van der Waals surface area contributed by atoms with Gasteiger partial charge in [0, 0.05) is 7.11 Å². The second kappa shape index (κ2) is 4.21. The van der Waals surface area contributed by atoms with Gasteiger partial charge in [0.25, 0.3) is 0 Å². The maximum Gasteiger partial charge on any atom is 0.0857 e. The van der Waals surface area contributed by atoms with Crippen molar-refractivity contribution in [1.82, 2.24) is 0 Å². The van der Waals surface area contributed by atoms with Gasteiger partial charge in [0.2, 0.25) is 0 Å². The van der Waals surface area contributed by atoms with Gasteiger partial charge in [-0.05, 0) is 27.7 Å². The molecule has 0 aromatic carbocycles. The van der Waals surface area contributed by atoms with Crippen molar-refractivity contribution < 1.29 is 14.6 Å². The fourth-order valence-electron chi connectivity index (χ4n) is 0.474. The van der Waals surface area contributed by atoms with Crippen LogP contribution in [0.15, 0.2) is 0 Å². The van der Waals surface area contributed by atoms with Gasteiger partial charge in [-0.3, -0.25) is 0 Å². The van der Waals surface area contributed by atoms with Crippen LogP contribution in [0.3, 0.4) is 0 Å². The molecule has 0 atom stereocenters. The molecule has 0 rings (SSSR count). The fourth-order valence-corrected chi connectivity index (χ4v) is 0.474. The lowest BCUT2D eigenvalue weighted by molar-refractivity contribution is -0.121. The van der Waals surface area contributed by atoms with E-state index in [-0.39, 0.29) is 12.2 Å². The minimum absolute atomic E-state index is 0.0206. The molecule has 0 aromatic heterocycles. The Hall–Kier alpha value is -0.120. The molecule has 0 bridgehead atoms. The van der Waals surface area contributed by atoms with E-state index in [4.69, 9.17) is 14.6 Å². The van der Waals surface area contributed by atoms with E-state index in [1.54, 1.807) is 7.11 Å². The molecule has 0 spiro atoms. The fraction of sp³-hybridized carbons (Fsp3) is 1.00. The first kappa shape index (κ1) is 11.9. The lowest BCUT2D eigenvalue weighted by Crippen LogP contribution is -2.37. The predicted molar refractivity (Wildman–Crippen MR) is 48.2 cm³/mol. The molecule has 0 fully saturated rings. The Kier molecular flexibility index (Phi) is 4.17. The molecule has 3 heteroatoms. The molecule has 0 aliphatic carbocycles. The van der Waals surface area contributed by atoms with E-state index in [1.807, 2.05) is 27.7 Å². The van der Waals surface area contributed by atoms with Crippen LogP contribution in [-0.4, -0.2) is 36.6 Å². The molecular weight excluding hydrogens is 156 g/mol. The summed E-state index contributed by atoms with van der Waals surface area (Å²) in [7, 11) is 1.65. The van der Waals surface area contributed by atoms with Gasteiger partial charge in [-0.25, -0.2) is 0 Å². The Labute approximate surface area is 74.7 Å². The van der Waals surface area contributed by atoms with Crippen molar-refractivity contribution in [2.24, 2.45) is 0 Å². The molecule has 0 aliphatic rings. The summed E-state index contributed by atoms with van der Waals surface area (Å²) in [6.45, 7) is 8.09. The minimum atomic E-state index is -0.476. The van der Waals surface area contributed by atoms with Crippen molar-refractivity contribution in [2.75, 3.05) is 20.3 Å². The van der Waals surface area contributed by atoms with Crippen molar-refractivity contribution >= 4 is 0 Å². The molecule has 0 amide bonds. The molecule has 74 valence electrons. The molecule has 0 radical (unpaired) electrons. The van der Waals surface area contributed by atoms with Crippen molar-refractivity contribution in [1.29, 1.82) is 0 Å². The van der Waals surface area contributed by atoms with E-state index < -0.39 is 5.60 Å². The molecule has 1 N–H and O–H groups in total. The normalized spacial score (nSPS) is 13.5. The summed E-state index contributed by atoms with van der Waals surface area (Å²) in [4.78, 5) is 0. The molecule has 0 heterocycles. The number of rotatable bonds is 5. The molecule has 0 saturated heterocycles. The number of methoxy groups -OCH3 is 1. The Bertz CT molecular complexity index is 114. The quantitative estimate of drug-likeness (QED) is 0.684. The number of ether oxygens (including phenoxy) is 2. The van der Waals surface area contributed by atoms with Crippen molar-refractivity contribution in [3.8, 4) is 0 Å². The van der Waals surface area contributed by atoms with E-state index in [0.29, 0.717) is 6.61 Å². The molecule has 0 saturated carbocycles. The second-order valence-electron chi connectivity index (χ2n) is 4.17. The van der Waals surface area contributed by atoms with Gasteiger partial charge in [-0.1, -0.05) is 0 Å². The highest BCUT2D eigenvalue weighted by atomic mass is 16.6. The van der Waals surface area contributed by atoms with Crippen LogP contribution in [0.5, 0.6) is 0 Å². The van der Waals surface area contributed by atoms with Crippen LogP contribution in [0.2, 0.25) is 0 Å². The maximum atomic E-state index is 8.90. The second-order valence-corrected chi connectivity index (χ2v) is 4.17. The van der Waals surface area contributed by atoms with E-state index >= 15 is 0 Å². The monoisotopic (exact) mass is 176 g/mol. The Morgan fingerprint density at radius 2 is 1.58 bits per heavy atom. The minimum Gasteiger partial charge on any atom is -0.393 e. The van der Waals surface area contributed by atoms with E-state index in [2.05, 4.69) is 0 Å². The van der Waals surface area contributed by atoms with Crippen LogP contribution in [0.4, 0.5) is 0 Å². The summed E-state index contributed by atoms with van der Waals surface area (Å²) in [5, 5.41) is 8.90. The van der Waals surface area contributed by atoms with Gasteiger partial charge in [0.1, 0.15) is 0 Å². The standard InChI is InChI=1S/C9H20O3/c1-8(2,6-10)12-7-9(3,4)11-5/h10H,6-7H2,1-5H3. The van der Waals surface area contributed by atoms with Crippen LogP contribution in [-0.2, 0) is 9.47 Å². The summed E-state index contributed by atoms with van der Waals surface area (Å²) in [5.74, 6) is 0. The molecule has 0 aromatic rings. The lowest BCUT2D eigenvalue weighted by atomic mass is 10.1. The number of aliphatic hydroxyl groups is 1. The highest BCUT2D eigenvalue weighted by Gasteiger charge is 2.23. The third kappa shape index (κ3) is 4.70. The van der Waals surface area contributed by atoms with Gasteiger partial charge in [0.15, 0.2) is 0 Å². The van der Waals surface area contributed by atoms with Crippen molar-refractivity contribution in [2.45, 2.75) is 38.9 Å². The first-order chi connectivity index (χ1) is 5.33. The zero-order valence-electron chi connectivity index (χ0n) is 8.68. The van der Waals surface area contributed by atoms with Gasteiger partial charge in [0.05, 0.1) is 24.4 Å². The summed E-state index contributed by atoms with van der Waals surface area (Å²) < 4.78 is 10.6. The van der Waals surface area contributed by atoms with Crippen LogP contribution in [0, 0.1) is 0 Å². The highest BCUT2D eigenvalue weighted by molar-refractivity contribution is 4.72.